The molecular formula is C10H10ClN3O. The molecule has 1 amide bonds. The third-order valence-corrected chi connectivity index (χ3v) is 2.56. The van der Waals surface area contributed by atoms with Crippen molar-refractivity contribution in [3.63, 3.8) is 0 Å². The minimum atomic E-state index is -0.557. The summed E-state index contributed by atoms with van der Waals surface area (Å²) in [6.45, 7) is 0.413. The van der Waals surface area contributed by atoms with Crippen molar-refractivity contribution in [2.75, 3.05) is 11.6 Å². The molecule has 78 valence electrons. The zero-order chi connectivity index (χ0) is 10.8. The van der Waals surface area contributed by atoms with Crippen LogP contribution in [0.15, 0.2) is 30.3 Å². The lowest BCUT2D eigenvalue weighted by molar-refractivity contribution is -0.115. The number of alkyl halides is 1. The Kier molecular flexibility index (Phi) is 2.60. The number of anilines is 1. The van der Waals surface area contributed by atoms with Crippen LogP contribution in [0.5, 0.6) is 0 Å². The van der Waals surface area contributed by atoms with Gasteiger partial charge in [0, 0.05) is 0 Å². The summed E-state index contributed by atoms with van der Waals surface area (Å²) in [7, 11) is 0. The summed E-state index contributed by atoms with van der Waals surface area (Å²) < 4.78 is 0. The van der Waals surface area contributed by atoms with E-state index >= 15 is 0 Å². The van der Waals surface area contributed by atoms with Crippen LogP contribution < -0.4 is 10.4 Å². The quantitative estimate of drug-likeness (QED) is 0.703. The molecule has 0 aromatic heterocycles. The Morgan fingerprint density at radius 2 is 2.07 bits per heavy atom. The van der Waals surface area contributed by atoms with E-state index in [0.29, 0.717) is 6.54 Å². The van der Waals surface area contributed by atoms with Gasteiger partial charge in [0.15, 0.2) is 0 Å². The number of halogens is 1. The Balaban J connectivity index is 2.20. The zero-order valence-corrected chi connectivity index (χ0v) is 8.66. The molecule has 1 saturated heterocycles. The lowest BCUT2D eigenvalue weighted by Gasteiger charge is -2.31. The Morgan fingerprint density at radius 1 is 1.40 bits per heavy atom. The molecular weight excluding hydrogens is 214 g/mol. The molecule has 1 aromatic rings. The molecule has 0 radical (unpaired) electrons. The smallest absolute Gasteiger partial charge is 0.285 e. The Morgan fingerprint density at radius 3 is 2.67 bits per heavy atom. The monoisotopic (exact) mass is 223 g/mol. The van der Waals surface area contributed by atoms with Gasteiger partial charge in [-0.25, -0.2) is 0 Å². The first-order valence-electron chi connectivity index (χ1n) is 4.54. The van der Waals surface area contributed by atoms with Gasteiger partial charge in [-0.15, -0.1) is 11.6 Å². The normalized spacial score (nSPS) is 21.4. The highest BCUT2D eigenvalue weighted by molar-refractivity contribution is 6.51. The fourth-order valence-corrected chi connectivity index (χ4v) is 1.64. The molecule has 1 aromatic carbocycles. The first-order chi connectivity index (χ1) is 7.18. The van der Waals surface area contributed by atoms with Crippen LogP contribution >= 0.6 is 11.6 Å². The second kappa shape index (κ2) is 3.90. The van der Waals surface area contributed by atoms with Crippen molar-refractivity contribution in [2.24, 2.45) is 0 Å². The molecule has 4 nitrogen and oxygen atoms in total. The first kappa shape index (κ1) is 9.98. The fourth-order valence-electron chi connectivity index (χ4n) is 1.40. The van der Waals surface area contributed by atoms with Gasteiger partial charge in [-0.2, -0.15) is 0 Å². The molecule has 1 aliphatic heterocycles. The van der Waals surface area contributed by atoms with Gasteiger partial charge >= 0.3 is 0 Å². The Hall–Kier alpha value is -1.55. The average Bonchev–Trinajstić information content (AvgIpc) is 2.26. The van der Waals surface area contributed by atoms with E-state index in [1.165, 1.54) is 0 Å². The van der Waals surface area contributed by atoms with Crippen LogP contribution in [0, 0.1) is 5.41 Å². The molecule has 1 unspecified atom stereocenters. The number of nitrogens with one attached hydrogen (secondary N) is 2. The van der Waals surface area contributed by atoms with Crippen LogP contribution in [-0.2, 0) is 4.79 Å². The molecule has 1 fully saturated rings. The maximum absolute atomic E-state index is 11.3. The summed E-state index contributed by atoms with van der Waals surface area (Å²) >= 11 is 5.88. The van der Waals surface area contributed by atoms with Crippen LogP contribution in [0.1, 0.15) is 0 Å². The third kappa shape index (κ3) is 1.94. The van der Waals surface area contributed by atoms with E-state index in [4.69, 9.17) is 17.0 Å². The summed E-state index contributed by atoms with van der Waals surface area (Å²) in [5, 5.41) is 8.48. The summed E-state index contributed by atoms with van der Waals surface area (Å²) in [5.41, 5.74) is 3.38. The highest BCUT2D eigenvalue weighted by atomic mass is 35.5. The van der Waals surface area contributed by atoms with Crippen molar-refractivity contribution in [1.82, 2.24) is 5.43 Å². The van der Waals surface area contributed by atoms with Crippen LogP contribution in [0.2, 0.25) is 0 Å². The number of hydrogen-bond donors (Lipinski definition) is 2. The van der Waals surface area contributed by atoms with Crippen molar-refractivity contribution in [2.45, 2.75) is 5.38 Å². The summed E-state index contributed by atoms with van der Waals surface area (Å²) in [6, 6.07) is 9.41. The van der Waals surface area contributed by atoms with Crippen molar-refractivity contribution in [3.05, 3.63) is 30.3 Å². The molecule has 15 heavy (non-hydrogen) atoms. The molecule has 0 bridgehead atoms. The predicted octanol–water partition coefficient (Wildman–Crippen LogP) is 1.16. The fraction of sp³-hybridized carbons (Fsp3) is 0.200. The van der Waals surface area contributed by atoms with Gasteiger partial charge in [-0.1, -0.05) is 18.2 Å². The van der Waals surface area contributed by atoms with Gasteiger partial charge in [0.2, 0.25) is 0 Å². The van der Waals surface area contributed by atoms with Crippen molar-refractivity contribution >= 4 is 28.9 Å². The molecule has 0 spiro atoms. The minimum absolute atomic E-state index is 0.0798. The summed E-state index contributed by atoms with van der Waals surface area (Å²) in [4.78, 5) is 11.3. The molecule has 1 aliphatic rings. The number of hydrazine groups is 1. The number of amides is 1. The van der Waals surface area contributed by atoms with E-state index in [1.807, 2.05) is 30.3 Å². The SMILES string of the molecule is N=C1C(=O)NN(c2ccccc2)CC1Cl. The van der Waals surface area contributed by atoms with Crippen LogP contribution in [0.3, 0.4) is 0 Å². The maximum atomic E-state index is 11.3. The summed E-state index contributed by atoms with van der Waals surface area (Å²) in [6.07, 6.45) is 0. The van der Waals surface area contributed by atoms with Gasteiger partial charge in [-0.3, -0.25) is 20.6 Å². The summed E-state index contributed by atoms with van der Waals surface area (Å²) in [5.74, 6) is -0.440. The average molecular weight is 224 g/mol. The van der Waals surface area contributed by atoms with Crippen molar-refractivity contribution < 1.29 is 4.79 Å². The molecule has 1 atom stereocenters. The first-order valence-corrected chi connectivity index (χ1v) is 4.98. The van der Waals surface area contributed by atoms with Crippen LogP contribution in [-0.4, -0.2) is 23.5 Å². The Labute approximate surface area is 92.3 Å². The Bertz CT molecular complexity index is 393. The van der Waals surface area contributed by atoms with Crippen molar-refractivity contribution in [1.29, 1.82) is 5.41 Å². The van der Waals surface area contributed by atoms with Gasteiger partial charge < -0.3 is 0 Å². The van der Waals surface area contributed by atoms with E-state index < -0.39 is 11.3 Å². The van der Waals surface area contributed by atoms with E-state index in [-0.39, 0.29) is 5.71 Å². The maximum Gasteiger partial charge on any atom is 0.285 e. The van der Waals surface area contributed by atoms with E-state index in [1.54, 1.807) is 5.01 Å². The van der Waals surface area contributed by atoms with Gasteiger partial charge in [-0.05, 0) is 12.1 Å². The second-order valence-electron chi connectivity index (χ2n) is 3.27. The van der Waals surface area contributed by atoms with Gasteiger partial charge in [0.1, 0.15) is 11.1 Å². The van der Waals surface area contributed by atoms with Crippen LogP contribution in [0.25, 0.3) is 0 Å². The second-order valence-corrected chi connectivity index (χ2v) is 3.80. The minimum Gasteiger partial charge on any atom is -0.298 e. The lowest BCUT2D eigenvalue weighted by atomic mass is 10.2. The molecule has 2 N–H and O–H groups in total. The molecule has 5 heteroatoms. The molecule has 0 saturated carbocycles. The van der Waals surface area contributed by atoms with E-state index in [0.717, 1.165) is 5.69 Å². The number of para-hydroxylation sites is 1. The van der Waals surface area contributed by atoms with Gasteiger partial charge in [0.05, 0.1) is 12.2 Å². The highest BCUT2D eigenvalue weighted by Crippen LogP contribution is 2.16. The predicted molar refractivity (Wildman–Crippen MR) is 59.3 cm³/mol. The molecule has 0 aliphatic carbocycles. The van der Waals surface area contributed by atoms with Crippen LogP contribution in [0.4, 0.5) is 5.69 Å². The number of benzene rings is 1. The van der Waals surface area contributed by atoms with E-state index in [2.05, 4.69) is 5.43 Å². The number of carbonyl (C=O) groups is 1. The number of carbonyl (C=O) groups excluding carboxylic acids is 1. The number of hydrogen-bond acceptors (Lipinski definition) is 3. The number of rotatable bonds is 1. The largest absolute Gasteiger partial charge is 0.298 e. The number of nitrogens with zero attached hydrogens (tertiary/aromatic N) is 1. The molecule has 1 heterocycles. The van der Waals surface area contributed by atoms with Gasteiger partial charge in [0.25, 0.3) is 5.91 Å². The molecule has 2 rings (SSSR count). The standard InChI is InChI=1S/C10H10ClN3O/c11-8-6-14(13-10(15)9(8)12)7-4-2-1-3-5-7/h1-5,8,12H,6H2,(H,13,15). The van der Waals surface area contributed by atoms with Crippen molar-refractivity contribution in [3.8, 4) is 0 Å². The highest BCUT2D eigenvalue weighted by Gasteiger charge is 2.29. The third-order valence-electron chi connectivity index (χ3n) is 2.21. The lowest BCUT2D eigenvalue weighted by Crippen LogP contribution is -2.56. The zero-order valence-electron chi connectivity index (χ0n) is 7.90. The van der Waals surface area contributed by atoms with E-state index in [9.17, 15) is 4.79 Å². The topological polar surface area (TPSA) is 56.2 Å².